The number of rotatable bonds is 3. The van der Waals surface area contributed by atoms with Crippen LogP contribution in [0.2, 0.25) is 0 Å². The Hall–Kier alpha value is -0.930. The fourth-order valence-corrected chi connectivity index (χ4v) is 2.09. The predicted octanol–water partition coefficient (Wildman–Crippen LogP) is 1.69. The van der Waals surface area contributed by atoms with Gasteiger partial charge in [0.25, 0.3) is 0 Å². The van der Waals surface area contributed by atoms with Crippen LogP contribution in [0.4, 0.5) is 0 Å². The average Bonchev–Trinajstić information content (AvgIpc) is 2.12. The Morgan fingerprint density at radius 3 is 2.86 bits per heavy atom. The van der Waals surface area contributed by atoms with Crippen molar-refractivity contribution in [2.24, 2.45) is 11.8 Å². The van der Waals surface area contributed by atoms with Gasteiger partial charge in [0.05, 0.1) is 0 Å². The third kappa shape index (κ3) is 1.65. The largest absolute Gasteiger partial charge is 0.271 e. The molecule has 3 heteroatoms. The van der Waals surface area contributed by atoms with Crippen LogP contribution in [0.25, 0.3) is 0 Å². The standard InChI is InChI=1S/C11H17N3/c1-8-7-13-6-5-10(8)11(14-12)9-3-2-4-9/h5-7,9,11,14H,2-4,12H2,1H3. The number of hydrazine groups is 1. The van der Waals surface area contributed by atoms with Crippen LogP contribution in [0.15, 0.2) is 18.5 Å². The van der Waals surface area contributed by atoms with Gasteiger partial charge in [0.2, 0.25) is 0 Å². The van der Waals surface area contributed by atoms with Gasteiger partial charge in [0.1, 0.15) is 0 Å². The third-order valence-corrected chi connectivity index (χ3v) is 3.20. The van der Waals surface area contributed by atoms with Gasteiger partial charge in [-0.3, -0.25) is 16.3 Å². The summed E-state index contributed by atoms with van der Waals surface area (Å²) in [5.74, 6) is 6.32. The van der Waals surface area contributed by atoms with Crippen molar-refractivity contribution in [2.45, 2.75) is 32.2 Å². The SMILES string of the molecule is Cc1cnccc1C(NN)C1CCC1. The van der Waals surface area contributed by atoms with E-state index in [0.717, 1.165) is 0 Å². The lowest BCUT2D eigenvalue weighted by molar-refractivity contribution is 0.231. The van der Waals surface area contributed by atoms with Gasteiger partial charge < -0.3 is 0 Å². The molecule has 1 fully saturated rings. The minimum absolute atomic E-state index is 0.312. The molecule has 3 nitrogen and oxygen atoms in total. The highest BCUT2D eigenvalue weighted by Crippen LogP contribution is 2.37. The minimum Gasteiger partial charge on any atom is -0.271 e. The van der Waals surface area contributed by atoms with Gasteiger partial charge in [-0.05, 0) is 42.9 Å². The molecule has 1 aromatic rings. The molecule has 0 aromatic carbocycles. The monoisotopic (exact) mass is 191 g/mol. The van der Waals surface area contributed by atoms with Crippen LogP contribution in [0.3, 0.4) is 0 Å². The molecule has 1 aliphatic rings. The molecule has 0 bridgehead atoms. The first kappa shape index (κ1) is 9.62. The highest BCUT2D eigenvalue weighted by molar-refractivity contribution is 5.26. The molecule has 1 saturated carbocycles. The number of aromatic nitrogens is 1. The van der Waals surface area contributed by atoms with Crippen molar-refractivity contribution in [2.75, 3.05) is 0 Å². The minimum atomic E-state index is 0.312. The molecule has 1 heterocycles. The van der Waals surface area contributed by atoms with Crippen LogP contribution in [-0.4, -0.2) is 4.98 Å². The van der Waals surface area contributed by atoms with E-state index in [-0.39, 0.29) is 0 Å². The van der Waals surface area contributed by atoms with Gasteiger partial charge in [-0.25, -0.2) is 0 Å². The van der Waals surface area contributed by atoms with Crippen molar-refractivity contribution in [1.29, 1.82) is 0 Å². The second-order valence-electron chi connectivity index (χ2n) is 4.07. The van der Waals surface area contributed by atoms with E-state index in [9.17, 15) is 0 Å². The lowest BCUT2D eigenvalue weighted by Crippen LogP contribution is -2.36. The van der Waals surface area contributed by atoms with Crippen molar-refractivity contribution >= 4 is 0 Å². The van der Waals surface area contributed by atoms with Gasteiger partial charge in [-0.2, -0.15) is 0 Å². The van der Waals surface area contributed by atoms with Gasteiger partial charge in [-0.1, -0.05) is 6.42 Å². The Balaban J connectivity index is 2.22. The van der Waals surface area contributed by atoms with Crippen molar-refractivity contribution in [3.8, 4) is 0 Å². The summed E-state index contributed by atoms with van der Waals surface area (Å²) in [6.45, 7) is 2.09. The molecule has 3 N–H and O–H groups in total. The topological polar surface area (TPSA) is 50.9 Å². The van der Waals surface area contributed by atoms with Crippen molar-refractivity contribution < 1.29 is 0 Å². The lowest BCUT2D eigenvalue weighted by Gasteiger charge is -2.34. The molecule has 0 amide bonds. The number of aryl methyl sites for hydroxylation is 1. The zero-order valence-corrected chi connectivity index (χ0v) is 8.53. The van der Waals surface area contributed by atoms with Crippen LogP contribution in [-0.2, 0) is 0 Å². The molecule has 0 spiro atoms. The van der Waals surface area contributed by atoms with Crippen molar-refractivity contribution in [1.82, 2.24) is 10.4 Å². The van der Waals surface area contributed by atoms with Gasteiger partial charge in [0.15, 0.2) is 0 Å². The molecule has 1 atom stereocenters. The Morgan fingerprint density at radius 2 is 2.36 bits per heavy atom. The Morgan fingerprint density at radius 1 is 1.57 bits per heavy atom. The molecule has 0 aliphatic heterocycles. The van der Waals surface area contributed by atoms with Gasteiger partial charge >= 0.3 is 0 Å². The molecule has 76 valence electrons. The number of nitrogens with one attached hydrogen (secondary N) is 1. The Bertz CT molecular complexity index is 307. The van der Waals surface area contributed by atoms with E-state index >= 15 is 0 Å². The summed E-state index contributed by atoms with van der Waals surface area (Å²) in [6.07, 6.45) is 7.66. The number of hydrogen-bond acceptors (Lipinski definition) is 3. The summed E-state index contributed by atoms with van der Waals surface area (Å²) < 4.78 is 0. The third-order valence-electron chi connectivity index (χ3n) is 3.20. The fraction of sp³-hybridized carbons (Fsp3) is 0.545. The van der Waals surface area contributed by atoms with E-state index < -0.39 is 0 Å². The molecular weight excluding hydrogens is 174 g/mol. The maximum Gasteiger partial charge on any atom is 0.0491 e. The van der Waals surface area contributed by atoms with E-state index in [4.69, 9.17) is 5.84 Å². The van der Waals surface area contributed by atoms with E-state index in [1.54, 1.807) is 0 Å². The Kier molecular flexibility index (Phi) is 2.79. The molecule has 1 aliphatic carbocycles. The van der Waals surface area contributed by atoms with E-state index in [1.807, 2.05) is 12.4 Å². The summed E-state index contributed by atoms with van der Waals surface area (Å²) in [5.41, 5.74) is 5.46. The second kappa shape index (κ2) is 4.07. The summed E-state index contributed by atoms with van der Waals surface area (Å²) in [4.78, 5) is 4.10. The van der Waals surface area contributed by atoms with Crippen LogP contribution in [0, 0.1) is 12.8 Å². The summed E-state index contributed by atoms with van der Waals surface area (Å²) in [6, 6.07) is 2.38. The predicted molar refractivity (Wildman–Crippen MR) is 56.4 cm³/mol. The number of pyridine rings is 1. The normalized spacial score (nSPS) is 19.0. The molecule has 0 saturated heterocycles. The van der Waals surface area contributed by atoms with Crippen molar-refractivity contribution in [3.05, 3.63) is 29.6 Å². The second-order valence-corrected chi connectivity index (χ2v) is 4.07. The van der Waals surface area contributed by atoms with E-state index in [1.165, 1.54) is 30.4 Å². The molecule has 14 heavy (non-hydrogen) atoms. The molecular formula is C11H17N3. The average molecular weight is 191 g/mol. The smallest absolute Gasteiger partial charge is 0.0491 e. The maximum atomic E-state index is 5.61. The highest BCUT2D eigenvalue weighted by atomic mass is 15.2. The first-order valence-corrected chi connectivity index (χ1v) is 5.19. The van der Waals surface area contributed by atoms with Crippen molar-refractivity contribution in [3.63, 3.8) is 0 Å². The van der Waals surface area contributed by atoms with Crippen LogP contribution < -0.4 is 11.3 Å². The number of nitrogens with two attached hydrogens (primary N) is 1. The fourth-order valence-electron chi connectivity index (χ4n) is 2.09. The summed E-state index contributed by atoms with van der Waals surface area (Å²) in [5, 5.41) is 0. The van der Waals surface area contributed by atoms with E-state index in [2.05, 4.69) is 23.4 Å². The first-order chi connectivity index (χ1) is 6.83. The highest BCUT2D eigenvalue weighted by Gasteiger charge is 2.28. The zero-order chi connectivity index (χ0) is 9.97. The lowest BCUT2D eigenvalue weighted by atomic mass is 9.77. The number of nitrogens with zero attached hydrogens (tertiary/aromatic N) is 1. The van der Waals surface area contributed by atoms with Gasteiger partial charge in [0, 0.05) is 18.4 Å². The van der Waals surface area contributed by atoms with E-state index in [0.29, 0.717) is 12.0 Å². The first-order valence-electron chi connectivity index (χ1n) is 5.19. The maximum absolute atomic E-state index is 5.61. The molecule has 0 radical (unpaired) electrons. The quantitative estimate of drug-likeness (QED) is 0.564. The van der Waals surface area contributed by atoms with Crippen LogP contribution in [0.5, 0.6) is 0 Å². The molecule has 2 rings (SSSR count). The Labute approximate surface area is 84.7 Å². The summed E-state index contributed by atoms with van der Waals surface area (Å²) >= 11 is 0. The van der Waals surface area contributed by atoms with Crippen LogP contribution in [0.1, 0.15) is 36.4 Å². The zero-order valence-electron chi connectivity index (χ0n) is 8.53. The summed E-state index contributed by atoms with van der Waals surface area (Å²) in [7, 11) is 0. The number of hydrogen-bond donors (Lipinski definition) is 2. The van der Waals surface area contributed by atoms with Crippen LogP contribution >= 0.6 is 0 Å². The van der Waals surface area contributed by atoms with Gasteiger partial charge in [-0.15, -0.1) is 0 Å². The molecule has 1 aromatic heterocycles. The molecule has 1 unspecified atom stereocenters.